The van der Waals surface area contributed by atoms with E-state index in [0.29, 0.717) is 0 Å². The van der Waals surface area contributed by atoms with Gasteiger partial charge in [-0.1, -0.05) is 63.9 Å². The first-order chi connectivity index (χ1) is 7.22. The summed E-state index contributed by atoms with van der Waals surface area (Å²) in [6.45, 7) is 6.94. The lowest BCUT2D eigenvalue weighted by molar-refractivity contribution is 0.381. The molecule has 1 unspecified atom stereocenters. The fourth-order valence-corrected chi connectivity index (χ4v) is 2.33. The van der Waals surface area contributed by atoms with Gasteiger partial charge < -0.3 is 0 Å². The van der Waals surface area contributed by atoms with Crippen molar-refractivity contribution in [3.63, 3.8) is 0 Å². The largest absolute Gasteiger partial charge is 0.0654 e. The SMILES string of the molecule is CCCC(Cc1ccccc1)CC(C)C. The van der Waals surface area contributed by atoms with Crippen molar-refractivity contribution in [3.05, 3.63) is 35.9 Å². The molecule has 84 valence electrons. The standard InChI is InChI=1S/C15H24/c1-4-8-15(11-13(2)3)12-14-9-6-5-7-10-14/h5-7,9-10,13,15H,4,8,11-12H2,1-3H3. The lowest BCUT2D eigenvalue weighted by atomic mass is 9.88. The summed E-state index contributed by atoms with van der Waals surface area (Å²) in [5, 5.41) is 0. The Morgan fingerprint density at radius 2 is 1.73 bits per heavy atom. The van der Waals surface area contributed by atoms with Crippen LogP contribution in [0.2, 0.25) is 0 Å². The van der Waals surface area contributed by atoms with Crippen LogP contribution >= 0.6 is 0 Å². The van der Waals surface area contributed by atoms with E-state index in [2.05, 4.69) is 51.1 Å². The average molecular weight is 204 g/mol. The summed E-state index contributed by atoms with van der Waals surface area (Å²) in [5.74, 6) is 1.70. The second-order valence-corrected chi connectivity index (χ2v) is 4.97. The van der Waals surface area contributed by atoms with Gasteiger partial charge in [0.25, 0.3) is 0 Å². The molecule has 0 radical (unpaired) electrons. The number of hydrogen-bond acceptors (Lipinski definition) is 0. The zero-order chi connectivity index (χ0) is 11.1. The average Bonchev–Trinajstić information content (AvgIpc) is 2.18. The Morgan fingerprint density at radius 1 is 1.07 bits per heavy atom. The van der Waals surface area contributed by atoms with Gasteiger partial charge in [-0.15, -0.1) is 0 Å². The minimum absolute atomic E-state index is 0.824. The minimum atomic E-state index is 0.824. The smallest absolute Gasteiger partial charge is 0.0250 e. The van der Waals surface area contributed by atoms with Crippen molar-refractivity contribution in [3.8, 4) is 0 Å². The van der Waals surface area contributed by atoms with E-state index in [1.807, 2.05) is 0 Å². The van der Waals surface area contributed by atoms with Gasteiger partial charge in [-0.3, -0.25) is 0 Å². The second-order valence-electron chi connectivity index (χ2n) is 4.97. The lowest BCUT2D eigenvalue weighted by Crippen LogP contribution is -2.07. The Morgan fingerprint density at radius 3 is 2.27 bits per heavy atom. The van der Waals surface area contributed by atoms with Gasteiger partial charge in [0.2, 0.25) is 0 Å². The molecule has 0 amide bonds. The van der Waals surface area contributed by atoms with Crippen LogP contribution in [0.4, 0.5) is 0 Å². The van der Waals surface area contributed by atoms with E-state index in [1.165, 1.54) is 31.2 Å². The summed E-state index contributed by atoms with van der Waals surface area (Å²) in [4.78, 5) is 0. The van der Waals surface area contributed by atoms with E-state index in [4.69, 9.17) is 0 Å². The highest BCUT2D eigenvalue weighted by molar-refractivity contribution is 5.15. The molecule has 1 aromatic rings. The normalized spacial score (nSPS) is 13.1. The van der Waals surface area contributed by atoms with E-state index in [0.717, 1.165) is 11.8 Å². The lowest BCUT2D eigenvalue weighted by Gasteiger charge is -2.18. The zero-order valence-electron chi connectivity index (χ0n) is 10.4. The van der Waals surface area contributed by atoms with Crippen LogP contribution in [0, 0.1) is 11.8 Å². The van der Waals surface area contributed by atoms with Crippen LogP contribution in [0.3, 0.4) is 0 Å². The highest BCUT2D eigenvalue weighted by Gasteiger charge is 2.10. The first-order valence-electron chi connectivity index (χ1n) is 6.26. The summed E-state index contributed by atoms with van der Waals surface area (Å²) in [5.41, 5.74) is 1.50. The van der Waals surface area contributed by atoms with Gasteiger partial charge in [0.05, 0.1) is 0 Å². The number of rotatable bonds is 6. The third-order valence-corrected chi connectivity index (χ3v) is 2.87. The van der Waals surface area contributed by atoms with Gasteiger partial charge in [-0.25, -0.2) is 0 Å². The first-order valence-corrected chi connectivity index (χ1v) is 6.26. The van der Waals surface area contributed by atoms with Crippen molar-refractivity contribution in [2.24, 2.45) is 11.8 Å². The summed E-state index contributed by atoms with van der Waals surface area (Å²) in [7, 11) is 0. The van der Waals surface area contributed by atoms with Crippen molar-refractivity contribution in [1.29, 1.82) is 0 Å². The van der Waals surface area contributed by atoms with Crippen LogP contribution in [-0.2, 0) is 6.42 Å². The molecular formula is C15H24. The van der Waals surface area contributed by atoms with E-state index >= 15 is 0 Å². The number of benzene rings is 1. The van der Waals surface area contributed by atoms with E-state index in [-0.39, 0.29) is 0 Å². The van der Waals surface area contributed by atoms with Crippen molar-refractivity contribution < 1.29 is 0 Å². The molecule has 1 rings (SSSR count). The van der Waals surface area contributed by atoms with Crippen molar-refractivity contribution >= 4 is 0 Å². The van der Waals surface area contributed by atoms with Gasteiger partial charge in [0, 0.05) is 0 Å². The third-order valence-electron chi connectivity index (χ3n) is 2.87. The van der Waals surface area contributed by atoms with E-state index in [9.17, 15) is 0 Å². The fraction of sp³-hybridized carbons (Fsp3) is 0.600. The minimum Gasteiger partial charge on any atom is -0.0654 e. The molecule has 0 N–H and O–H groups in total. The van der Waals surface area contributed by atoms with E-state index < -0.39 is 0 Å². The van der Waals surface area contributed by atoms with Gasteiger partial charge in [-0.2, -0.15) is 0 Å². The Bertz CT molecular complexity index is 248. The summed E-state index contributed by atoms with van der Waals surface area (Å²) >= 11 is 0. The summed E-state index contributed by atoms with van der Waals surface area (Å²) in [6.07, 6.45) is 5.30. The molecule has 1 atom stereocenters. The molecule has 0 heterocycles. The maximum atomic E-state index is 2.33. The molecule has 0 fully saturated rings. The fourth-order valence-electron chi connectivity index (χ4n) is 2.33. The maximum absolute atomic E-state index is 2.33. The molecular weight excluding hydrogens is 180 g/mol. The highest BCUT2D eigenvalue weighted by atomic mass is 14.2. The second kappa shape index (κ2) is 6.66. The Kier molecular flexibility index (Phi) is 5.45. The maximum Gasteiger partial charge on any atom is -0.0250 e. The molecule has 0 aliphatic rings. The molecule has 0 aromatic heterocycles. The Balaban J connectivity index is 2.50. The van der Waals surface area contributed by atoms with E-state index in [1.54, 1.807) is 0 Å². The molecule has 0 heteroatoms. The van der Waals surface area contributed by atoms with Gasteiger partial charge in [0.1, 0.15) is 0 Å². The monoisotopic (exact) mass is 204 g/mol. The van der Waals surface area contributed by atoms with Gasteiger partial charge in [-0.05, 0) is 30.2 Å². The predicted octanol–water partition coefficient (Wildman–Crippen LogP) is 4.69. The Hall–Kier alpha value is -0.780. The first kappa shape index (κ1) is 12.3. The van der Waals surface area contributed by atoms with Gasteiger partial charge in [0.15, 0.2) is 0 Å². The van der Waals surface area contributed by atoms with Crippen LogP contribution in [-0.4, -0.2) is 0 Å². The van der Waals surface area contributed by atoms with Gasteiger partial charge >= 0.3 is 0 Å². The topological polar surface area (TPSA) is 0 Å². The molecule has 0 bridgehead atoms. The van der Waals surface area contributed by atoms with Crippen molar-refractivity contribution in [2.45, 2.75) is 46.5 Å². The van der Waals surface area contributed by atoms with Crippen LogP contribution in [0.5, 0.6) is 0 Å². The molecule has 15 heavy (non-hydrogen) atoms. The molecule has 0 nitrogen and oxygen atoms in total. The van der Waals surface area contributed by atoms with Crippen LogP contribution in [0.1, 0.15) is 45.6 Å². The summed E-state index contributed by atoms with van der Waals surface area (Å²) < 4.78 is 0. The molecule has 0 spiro atoms. The highest BCUT2D eigenvalue weighted by Crippen LogP contribution is 2.21. The van der Waals surface area contributed by atoms with Crippen molar-refractivity contribution in [1.82, 2.24) is 0 Å². The molecule has 0 aliphatic heterocycles. The third kappa shape index (κ3) is 5.01. The predicted molar refractivity (Wildman–Crippen MR) is 68.0 cm³/mol. The molecule has 0 aliphatic carbocycles. The van der Waals surface area contributed by atoms with Crippen LogP contribution in [0.15, 0.2) is 30.3 Å². The van der Waals surface area contributed by atoms with Crippen LogP contribution in [0.25, 0.3) is 0 Å². The molecule has 1 aromatic carbocycles. The zero-order valence-corrected chi connectivity index (χ0v) is 10.4. The molecule has 0 saturated heterocycles. The summed E-state index contributed by atoms with van der Waals surface area (Å²) in [6, 6.07) is 10.9. The van der Waals surface area contributed by atoms with Crippen LogP contribution < -0.4 is 0 Å². The molecule has 0 saturated carbocycles. The van der Waals surface area contributed by atoms with Crippen molar-refractivity contribution in [2.75, 3.05) is 0 Å². The quantitative estimate of drug-likeness (QED) is 0.630. The number of hydrogen-bond donors (Lipinski definition) is 0. The Labute approximate surface area is 94.7 Å².